The highest BCUT2D eigenvalue weighted by atomic mass is 16.1. The fourth-order valence-electron chi connectivity index (χ4n) is 3.35. The Kier molecular flexibility index (Phi) is 5.21. The normalized spacial score (nSPS) is 14.6. The van der Waals surface area contributed by atoms with Crippen LogP contribution in [0.3, 0.4) is 0 Å². The molecule has 0 radical (unpaired) electrons. The quantitative estimate of drug-likeness (QED) is 0.774. The van der Waals surface area contributed by atoms with E-state index in [0.29, 0.717) is 41.4 Å². The second kappa shape index (κ2) is 7.38. The molecule has 2 N–H and O–H groups in total. The van der Waals surface area contributed by atoms with E-state index < -0.39 is 0 Å². The lowest BCUT2D eigenvalue weighted by atomic mass is 9.84. The van der Waals surface area contributed by atoms with Crippen molar-refractivity contribution in [2.75, 3.05) is 6.54 Å². The number of amides is 1. The van der Waals surface area contributed by atoms with Gasteiger partial charge < -0.3 is 10.3 Å². The predicted molar refractivity (Wildman–Crippen MR) is 99.4 cm³/mol. The van der Waals surface area contributed by atoms with E-state index >= 15 is 0 Å². The van der Waals surface area contributed by atoms with Crippen LogP contribution in [0, 0.1) is 11.3 Å². The first kappa shape index (κ1) is 17.6. The zero-order valence-corrected chi connectivity index (χ0v) is 15.1. The maximum Gasteiger partial charge on any atom is 0.258 e. The van der Waals surface area contributed by atoms with E-state index in [4.69, 9.17) is 0 Å². The van der Waals surface area contributed by atoms with Gasteiger partial charge in [0.1, 0.15) is 5.82 Å². The lowest BCUT2D eigenvalue weighted by Gasteiger charge is -2.24. The number of hydrogen-bond donors (Lipinski definition) is 2. The van der Waals surface area contributed by atoms with Crippen molar-refractivity contribution in [1.29, 1.82) is 0 Å². The molecule has 0 atom stereocenters. The van der Waals surface area contributed by atoms with Crippen molar-refractivity contribution in [3.8, 4) is 0 Å². The Bertz CT molecular complexity index is 806. The largest absolute Gasteiger partial charge is 0.356 e. The smallest absolute Gasteiger partial charge is 0.258 e. The van der Waals surface area contributed by atoms with Gasteiger partial charge in [-0.05, 0) is 49.1 Å². The fraction of sp³-hybridized carbons (Fsp3) is 0.550. The lowest BCUT2D eigenvalue weighted by Crippen LogP contribution is -2.28. The molecule has 5 heteroatoms. The highest BCUT2D eigenvalue weighted by Gasteiger charge is 2.37. The van der Waals surface area contributed by atoms with Gasteiger partial charge in [0.2, 0.25) is 5.91 Å². The molecule has 1 aliphatic carbocycles. The van der Waals surface area contributed by atoms with Crippen LogP contribution in [0.25, 0.3) is 10.9 Å². The van der Waals surface area contributed by atoms with Crippen LogP contribution in [-0.4, -0.2) is 22.4 Å². The van der Waals surface area contributed by atoms with E-state index in [2.05, 4.69) is 29.1 Å². The molecule has 1 heterocycles. The zero-order valence-electron chi connectivity index (χ0n) is 15.1. The van der Waals surface area contributed by atoms with Crippen LogP contribution in [0.1, 0.15) is 51.8 Å². The average molecular weight is 341 g/mol. The lowest BCUT2D eigenvalue weighted by molar-refractivity contribution is -0.121. The van der Waals surface area contributed by atoms with Crippen molar-refractivity contribution in [2.24, 2.45) is 11.3 Å². The molecular formula is C20H27N3O2. The molecule has 1 saturated carbocycles. The minimum Gasteiger partial charge on any atom is -0.356 e. The van der Waals surface area contributed by atoms with Crippen LogP contribution < -0.4 is 10.9 Å². The third-order valence-electron chi connectivity index (χ3n) is 5.25. The number of carbonyl (C=O) groups excluding carboxylic acids is 1. The minimum atomic E-state index is -0.118. The molecule has 1 aliphatic rings. The van der Waals surface area contributed by atoms with Gasteiger partial charge in [-0.2, -0.15) is 0 Å². The zero-order chi connectivity index (χ0) is 17.9. The van der Waals surface area contributed by atoms with E-state index in [1.807, 2.05) is 18.2 Å². The molecule has 3 rings (SSSR count). The van der Waals surface area contributed by atoms with Crippen LogP contribution in [0.15, 0.2) is 29.1 Å². The SMILES string of the molecule is CC(C)(CCNC(=O)CCCc1nc2ccccc2c(=O)[nH]1)C1CC1. The Labute approximate surface area is 148 Å². The van der Waals surface area contributed by atoms with Crippen LogP contribution in [0.4, 0.5) is 0 Å². The first-order chi connectivity index (χ1) is 12.0. The van der Waals surface area contributed by atoms with Gasteiger partial charge in [0, 0.05) is 19.4 Å². The molecule has 5 nitrogen and oxygen atoms in total. The summed E-state index contributed by atoms with van der Waals surface area (Å²) in [7, 11) is 0. The molecule has 0 unspecified atom stereocenters. The molecule has 0 saturated heterocycles. The van der Waals surface area contributed by atoms with Crippen LogP contribution >= 0.6 is 0 Å². The van der Waals surface area contributed by atoms with E-state index in [0.717, 1.165) is 18.9 Å². The summed E-state index contributed by atoms with van der Waals surface area (Å²) in [6.45, 7) is 5.32. The van der Waals surface area contributed by atoms with Crippen molar-refractivity contribution < 1.29 is 4.79 Å². The molecule has 25 heavy (non-hydrogen) atoms. The first-order valence-electron chi connectivity index (χ1n) is 9.20. The van der Waals surface area contributed by atoms with E-state index in [9.17, 15) is 9.59 Å². The molecular weight excluding hydrogens is 314 g/mol. The predicted octanol–water partition coefficient (Wildman–Crippen LogP) is 3.19. The van der Waals surface area contributed by atoms with Gasteiger partial charge in [0.05, 0.1) is 10.9 Å². The summed E-state index contributed by atoms with van der Waals surface area (Å²) in [5, 5.41) is 3.62. The number of hydrogen-bond acceptors (Lipinski definition) is 3. The maximum absolute atomic E-state index is 12.0. The molecule has 0 aliphatic heterocycles. The molecule has 134 valence electrons. The molecule has 1 amide bonds. The van der Waals surface area contributed by atoms with Crippen molar-refractivity contribution >= 4 is 16.8 Å². The van der Waals surface area contributed by atoms with Gasteiger partial charge in [0.15, 0.2) is 0 Å². The molecule has 2 aromatic rings. The summed E-state index contributed by atoms with van der Waals surface area (Å²) in [6.07, 6.45) is 5.43. The van der Waals surface area contributed by atoms with Crippen molar-refractivity contribution in [3.63, 3.8) is 0 Å². The number of aromatic nitrogens is 2. The number of nitrogens with one attached hydrogen (secondary N) is 2. The third-order valence-corrected chi connectivity index (χ3v) is 5.25. The summed E-state index contributed by atoms with van der Waals surface area (Å²) < 4.78 is 0. The summed E-state index contributed by atoms with van der Waals surface area (Å²) in [6, 6.07) is 7.30. The topological polar surface area (TPSA) is 74.8 Å². The van der Waals surface area contributed by atoms with Gasteiger partial charge in [-0.1, -0.05) is 26.0 Å². The Morgan fingerprint density at radius 2 is 2.08 bits per heavy atom. The third kappa shape index (κ3) is 4.68. The Balaban J connectivity index is 1.43. The number of benzene rings is 1. The standard InChI is InChI=1S/C20H27N3O2/c1-20(2,14-10-11-14)12-13-21-18(24)9-5-8-17-22-16-7-4-3-6-15(16)19(25)23-17/h3-4,6-7,14H,5,8-13H2,1-2H3,(H,21,24)(H,22,23,25). The second-order valence-corrected chi connectivity index (χ2v) is 7.75. The minimum absolute atomic E-state index is 0.0785. The maximum atomic E-state index is 12.0. The second-order valence-electron chi connectivity index (χ2n) is 7.75. The monoisotopic (exact) mass is 341 g/mol. The number of aromatic amines is 1. The van der Waals surface area contributed by atoms with Gasteiger partial charge in [-0.3, -0.25) is 9.59 Å². The summed E-state index contributed by atoms with van der Waals surface area (Å²) >= 11 is 0. The van der Waals surface area contributed by atoms with Gasteiger partial charge >= 0.3 is 0 Å². The molecule has 1 aromatic heterocycles. The summed E-state index contributed by atoms with van der Waals surface area (Å²) in [4.78, 5) is 31.3. The van der Waals surface area contributed by atoms with E-state index in [1.165, 1.54) is 12.8 Å². The van der Waals surface area contributed by atoms with Gasteiger partial charge in [-0.25, -0.2) is 4.98 Å². The number of aryl methyl sites for hydroxylation is 1. The highest BCUT2D eigenvalue weighted by Crippen LogP contribution is 2.46. The summed E-state index contributed by atoms with van der Waals surface area (Å²) in [5.41, 5.74) is 0.919. The Hall–Kier alpha value is -2.17. The summed E-state index contributed by atoms with van der Waals surface area (Å²) in [5.74, 6) is 1.56. The molecule has 0 spiro atoms. The van der Waals surface area contributed by atoms with Crippen LogP contribution in [-0.2, 0) is 11.2 Å². The number of carbonyl (C=O) groups is 1. The Morgan fingerprint density at radius 1 is 1.32 bits per heavy atom. The fourth-order valence-corrected chi connectivity index (χ4v) is 3.35. The van der Waals surface area contributed by atoms with Crippen molar-refractivity contribution in [2.45, 2.75) is 52.4 Å². The highest BCUT2D eigenvalue weighted by molar-refractivity contribution is 5.77. The molecule has 1 aromatic carbocycles. The van der Waals surface area contributed by atoms with Gasteiger partial charge in [-0.15, -0.1) is 0 Å². The number of para-hydroxylation sites is 1. The Morgan fingerprint density at radius 3 is 2.84 bits per heavy atom. The van der Waals surface area contributed by atoms with E-state index in [1.54, 1.807) is 6.07 Å². The van der Waals surface area contributed by atoms with E-state index in [-0.39, 0.29) is 11.5 Å². The molecule has 1 fully saturated rings. The number of fused-ring (bicyclic) bond motifs is 1. The van der Waals surface area contributed by atoms with Gasteiger partial charge in [0.25, 0.3) is 5.56 Å². The van der Waals surface area contributed by atoms with Crippen molar-refractivity contribution in [3.05, 3.63) is 40.4 Å². The van der Waals surface area contributed by atoms with Crippen molar-refractivity contribution in [1.82, 2.24) is 15.3 Å². The van der Waals surface area contributed by atoms with Crippen LogP contribution in [0.2, 0.25) is 0 Å². The first-order valence-corrected chi connectivity index (χ1v) is 9.20. The number of nitrogens with zero attached hydrogens (tertiary/aromatic N) is 1. The number of rotatable bonds is 8. The molecule has 0 bridgehead atoms. The average Bonchev–Trinajstić information content (AvgIpc) is 3.40. The number of H-pyrrole nitrogens is 1. The van der Waals surface area contributed by atoms with Crippen LogP contribution in [0.5, 0.6) is 0 Å².